The molecule has 4 rings (SSSR count). The summed E-state index contributed by atoms with van der Waals surface area (Å²) >= 11 is 0. The van der Waals surface area contributed by atoms with Gasteiger partial charge in [-0.15, -0.1) is 0 Å². The lowest BCUT2D eigenvalue weighted by Gasteiger charge is -2.17. The molecule has 0 heterocycles. The van der Waals surface area contributed by atoms with Gasteiger partial charge in [0.15, 0.2) is 0 Å². The highest BCUT2D eigenvalue weighted by molar-refractivity contribution is 5.86. The molecule has 0 saturated carbocycles. The molecule has 3 aromatic carbocycles. The van der Waals surface area contributed by atoms with E-state index in [4.69, 9.17) is 9.84 Å². The minimum Gasteiger partial charge on any atom is -0.481 e. The predicted octanol–water partition coefficient (Wildman–Crippen LogP) is 5.13. The van der Waals surface area contributed by atoms with E-state index in [9.17, 15) is 14.4 Å². The van der Waals surface area contributed by atoms with Gasteiger partial charge in [-0.2, -0.15) is 0 Å². The smallest absolute Gasteiger partial charge is 0.411 e. The van der Waals surface area contributed by atoms with Gasteiger partial charge in [0, 0.05) is 17.6 Å². The molecule has 180 valence electrons. The predicted molar refractivity (Wildman–Crippen MR) is 133 cm³/mol. The lowest BCUT2D eigenvalue weighted by molar-refractivity contribution is -0.137. The molecule has 1 aliphatic carbocycles. The number of carboxylic acids is 1. The van der Waals surface area contributed by atoms with E-state index in [0.717, 1.165) is 16.7 Å². The number of benzene rings is 3. The van der Waals surface area contributed by atoms with Gasteiger partial charge in [-0.25, -0.2) is 4.79 Å². The fraction of sp³-hybridized carbons (Fsp3) is 0.250. The Hall–Kier alpha value is -4.13. The number of carboxylic acid groups (broad SMARTS) is 1. The number of nitrogens with one attached hydrogen (secondary N) is 2. The van der Waals surface area contributed by atoms with Gasteiger partial charge in [0.1, 0.15) is 6.61 Å². The summed E-state index contributed by atoms with van der Waals surface area (Å²) in [5.74, 6) is -1.70. The zero-order valence-electron chi connectivity index (χ0n) is 19.7. The van der Waals surface area contributed by atoms with Crippen LogP contribution in [0.1, 0.15) is 48.8 Å². The third-order valence-electron chi connectivity index (χ3n) is 6.26. The molecule has 0 aliphatic heterocycles. The van der Waals surface area contributed by atoms with Crippen molar-refractivity contribution in [1.82, 2.24) is 5.32 Å². The van der Waals surface area contributed by atoms with Gasteiger partial charge in [-0.05, 0) is 53.8 Å². The van der Waals surface area contributed by atoms with Crippen molar-refractivity contribution in [1.29, 1.82) is 0 Å². The van der Waals surface area contributed by atoms with E-state index in [2.05, 4.69) is 34.9 Å². The van der Waals surface area contributed by atoms with E-state index >= 15 is 0 Å². The molecule has 0 fully saturated rings. The largest absolute Gasteiger partial charge is 0.481 e. The Morgan fingerprint density at radius 3 is 2.03 bits per heavy atom. The Kier molecular flexibility index (Phi) is 7.15. The van der Waals surface area contributed by atoms with Crippen LogP contribution >= 0.6 is 0 Å². The summed E-state index contributed by atoms with van der Waals surface area (Å²) in [6, 6.07) is 22.8. The topological polar surface area (TPSA) is 105 Å². The second kappa shape index (κ2) is 10.4. The van der Waals surface area contributed by atoms with Gasteiger partial charge in [-0.1, -0.05) is 60.7 Å². The number of carbonyl (C=O) groups excluding carboxylic acids is 2. The SMILES string of the molecule is CC(CC(=O)O)NC(=O)C(C)c1ccc(NC(=O)OCC2c3ccccc3-c3ccccc32)cc1. The molecular formula is C28H28N2O5. The Morgan fingerprint density at radius 1 is 0.886 bits per heavy atom. The number of ether oxygens (including phenoxy) is 1. The number of anilines is 1. The van der Waals surface area contributed by atoms with Crippen molar-refractivity contribution in [2.75, 3.05) is 11.9 Å². The first-order valence-electron chi connectivity index (χ1n) is 11.6. The van der Waals surface area contributed by atoms with Crippen LogP contribution in [0.4, 0.5) is 10.5 Å². The number of hydrogen-bond donors (Lipinski definition) is 3. The van der Waals surface area contributed by atoms with Gasteiger partial charge in [0.05, 0.1) is 12.3 Å². The van der Waals surface area contributed by atoms with Crippen LogP contribution in [0, 0.1) is 0 Å². The van der Waals surface area contributed by atoms with Crippen molar-refractivity contribution in [3.63, 3.8) is 0 Å². The van der Waals surface area contributed by atoms with E-state index in [-0.39, 0.29) is 24.9 Å². The maximum atomic E-state index is 12.5. The molecule has 7 heteroatoms. The van der Waals surface area contributed by atoms with Gasteiger partial charge >= 0.3 is 12.1 Å². The highest BCUT2D eigenvalue weighted by Gasteiger charge is 2.29. The molecule has 0 saturated heterocycles. The number of hydrogen-bond acceptors (Lipinski definition) is 4. The number of amides is 2. The molecular weight excluding hydrogens is 444 g/mol. The van der Waals surface area contributed by atoms with Crippen molar-refractivity contribution in [3.05, 3.63) is 89.5 Å². The van der Waals surface area contributed by atoms with E-state index in [1.165, 1.54) is 11.1 Å². The van der Waals surface area contributed by atoms with Crippen LogP contribution in [0.2, 0.25) is 0 Å². The molecule has 0 spiro atoms. The second-order valence-corrected chi connectivity index (χ2v) is 8.80. The van der Waals surface area contributed by atoms with Gasteiger partial charge < -0.3 is 15.2 Å². The van der Waals surface area contributed by atoms with Gasteiger partial charge in [-0.3, -0.25) is 14.9 Å². The Balaban J connectivity index is 1.33. The summed E-state index contributed by atoms with van der Waals surface area (Å²) in [7, 11) is 0. The van der Waals surface area contributed by atoms with Crippen LogP contribution in [0.15, 0.2) is 72.8 Å². The molecule has 0 aromatic heterocycles. The number of aliphatic carboxylic acids is 1. The third kappa shape index (κ3) is 5.51. The number of carbonyl (C=O) groups is 3. The summed E-state index contributed by atoms with van der Waals surface area (Å²) in [5, 5.41) is 14.3. The van der Waals surface area contributed by atoms with Crippen molar-refractivity contribution in [2.45, 2.75) is 38.1 Å². The molecule has 2 unspecified atom stereocenters. The third-order valence-corrected chi connectivity index (χ3v) is 6.26. The number of fused-ring (bicyclic) bond motifs is 3. The lowest BCUT2D eigenvalue weighted by Crippen LogP contribution is -2.36. The average Bonchev–Trinajstić information content (AvgIpc) is 3.16. The van der Waals surface area contributed by atoms with Crippen molar-refractivity contribution < 1.29 is 24.2 Å². The highest BCUT2D eigenvalue weighted by atomic mass is 16.5. The maximum Gasteiger partial charge on any atom is 0.411 e. The normalized spacial score (nSPS) is 13.8. The van der Waals surface area contributed by atoms with Crippen molar-refractivity contribution in [3.8, 4) is 11.1 Å². The first-order valence-corrected chi connectivity index (χ1v) is 11.6. The maximum absolute atomic E-state index is 12.5. The monoisotopic (exact) mass is 472 g/mol. The highest BCUT2D eigenvalue weighted by Crippen LogP contribution is 2.44. The quantitative estimate of drug-likeness (QED) is 0.422. The summed E-state index contributed by atoms with van der Waals surface area (Å²) in [4.78, 5) is 35.7. The summed E-state index contributed by atoms with van der Waals surface area (Å²) in [6.45, 7) is 3.63. The first-order chi connectivity index (χ1) is 16.8. The number of rotatable bonds is 8. The minimum atomic E-state index is -0.964. The average molecular weight is 473 g/mol. The first kappa shape index (κ1) is 24.0. The summed E-state index contributed by atoms with van der Waals surface area (Å²) in [5.41, 5.74) is 5.94. The van der Waals surface area contributed by atoms with Crippen molar-refractivity contribution in [2.24, 2.45) is 0 Å². The fourth-order valence-electron chi connectivity index (χ4n) is 4.44. The fourth-order valence-corrected chi connectivity index (χ4v) is 4.44. The summed E-state index contributed by atoms with van der Waals surface area (Å²) in [6.07, 6.45) is -0.686. The molecule has 3 N–H and O–H groups in total. The summed E-state index contributed by atoms with van der Waals surface area (Å²) < 4.78 is 5.57. The van der Waals surface area contributed by atoms with E-state index in [0.29, 0.717) is 5.69 Å². The van der Waals surface area contributed by atoms with Crippen LogP contribution in [0.3, 0.4) is 0 Å². The van der Waals surface area contributed by atoms with Crippen molar-refractivity contribution >= 4 is 23.7 Å². The van der Waals surface area contributed by atoms with Gasteiger partial charge in [0.25, 0.3) is 0 Å². The molecule has 1 aliphatic rings. The molecule has 0 radical (unpaired) electrons. The lowest BCUT2D eigenvalue weighted by atomic mass is 9.98. The van der Waals surface area contributed by atoms with Crippen LogP contribution in [-0.4, -0.2) is 35.7 Å². The van der Waals surface area contributed by atoms with E-state index in [1.807, 2.05) is 24.3 Å². The Morgan fingerprint density at radius 2 is 1.46 bits per heavy atom. The Labute approximate surface area is 204 Å². The van der Waals surface area contributed by atoms with Crippen LogP contribution in [0.5, 0.6) is 0 Å². The van der Waals surface area contributed by atoms with Crippen LogP contribution < -0.4 is 10.6 Å². The van der Waals surface area contributed by atoms with E-state index in [1.54, 1.807) is 38.1 Å². The van der Waals surface area contributed by atoms with Crippen LogP contribution in [-0.2, 0) is 14.3 Å². The van der Waals surface area contributed by atoms with Gasteiger partial charge in [0.2, 0.25) is 5.91 Å². The molecule has 2 amide bonds. The molecule has 2 atom stereocenters. The second-order valence-electron chi connectivity index (χ2n) is 8.80. The zero-order valence-corrected chi connectivity index (χ0v) is 19.7. The molecule has 0 bridgehead atoms. The van der Waals surface area contributed by atoms with E-state index < -0.39 is 24.0 Å². The standard InChI is InChI=1S/C28H28N2O5/c1-17(15-26(31)32)29-27(33)18(2)19-11-13-20(14-12-19)30-28(34)35-16-25-23-9-5-3-7-21(23)22-8-4-6-10-24(22)25/h3-14,17-18,25H,15-16H2,1-2H3,(H,29,33)(H,30,34)(H,31,32). The molecule has 7 nitrogen and oxygen atoms in total. The van der Waals surface area contributed by atoms with Crippen LogP contribution in [0.25, 0.3) is 11.1 Å². The zero-order chi connectivity index (χ0) is 24.9. The Bertz CT molecular complexity index is 1190. The minimum absolute atomic E-state index is 0.0154. The molecule has 3 aromatic rings. The molecule has 35 heavy (non-hydrogen) atoms.